The van der Waals surface area contributed by atoms with Crippen LogP contribution < -0.4 is 9.46 Å². The van der Waals surface area contributed by atoms with E-state index in [0.717, 1.165) is 12.1 Å². The van der Waals surface area contributed by atoms with E-state index in [1.54, 1.807) is 6.92 Å². The number of esters is 1. The number of sulfonamides is 1. The minimum absolute atomic E-state index is 0.0297. The first kappa shape index (κ1) is 24.4. The Hall–Kier alpha value is -1.92. The van der Waals surface area contributed by atoms with Gasteiger partial charge in [0, 0.05) is 17.2 Å². The molecular weight excluding hydrogens is 464 g/mol. The molecule has 0 spiro atoms. The number of rotatable bonds is 10. The van der Waals surface area contributed by atoms with Gasteiger partial charge in [0.2, 0.25) is 10.0 Å². The van der Waals surface area contributed by atoms with E-state index < -0.39 is 51.2 Å². The van der Waals surface area contributed by atoms with E-state index in [9.17, 15) is 26.5 Å². The number of hydrogen-bond donors (Lipinski definition) is 1. The summed E-state index contributed by atoms with van der Waals surface area (Å²) < 4.78 is 76.4. The highest BCUT2D eigenvalue weighted by Crippen LogP contribution is 2.26. The van der Waals surface area contributed by atoms with Crippen LogP contribution >= 0.6 is 11.6 Å². The molecule has 7 nitrogen and oxygen atoms in total. The zero-order chi connectivity index (χ0) is 22.3. The van der Waals surface area contributed by atoms with Gasteiger partial charge < -0.3 is 14.0 Å². The average molecular weight is 482 g/mol. The SMILES string of the molecule is CCOC(=O)COc1c(F)cc([S+]([O-])CCNS(=O)(=O)c2ccc(Cl)cc2)cc1F. The summed E-state index contributed by atoms with van der Waals surface area (Å²) in [6.45, 7) is 0.740. The molecule has 0 radical (unpaired) electrons. The van der Waals surface area contributed by atoms with E-state index in [1.807, 2.05) is 0 Å². The Bertz CT molecular complexity index is 966. The largest absolute Gasteiger partial charge is 0.611 e. The smallest absolute Gasteiger partial charge is 0.344 e. The summed E-state index contributed by atoms with van der Waals surface area (Å²) in [5.74, 6) is -4.12. The molecule has 0 saturated heterocycles. The van der Waals surface area contributed by atoms with E-state index >= 15 is 0 Å². The van der Waals surface area contributed by atoms with Gasteiger partial charge in [-0.05, 0) is 42.4 Å². The lowest BCUT2D eigenvalue weighted by Gasteiger charge is -2.13. The number of nitrogens with one attached hydrogen (secondary N) is 1. The summed E-state index contributed by atoms with van der Waals surface area (Å²) in [6, 6.07) is 7.03. The molecule has 0 heterocycles. The summed E-state index contributed by atoms with van der Waals surface area (Å²) >= 11 is 3.81. The molecule has 1 N–H and O–H groups in total. The summed E-state index contributed by atoms with van der Waals surface area (Å²) in [6.07, 6.45) is 0. The van der Waals surface area contributed by atoms with Gasteiger partial charge in [0.25, 0.3) is 0 Å². The van der Waals surface area contributed by atoms with Crippen LogP contribution in [-0.2, 0) is 30.7 Å². The lowest BCUT2D eigenvalue weighted by molar-refractivity contribution is -0.145. The molecule has 1 unspecified atom stereocenters. The Morgan fingerprint density at radius 1 is 1.20 bits per heavy atom. The Morgan fingerprint density at radius 3 is 2.37 bits per heavy atom. The Morgan fingerprint density at radius 2 is 1.80 bits per heavy atom. The normalized spacial score (nSPS) is 12.4. The third-order valence-electron chi connectivity index (χ3n) is 3.58. The standard InChI is InChI=1S/C18H18ClF2NO6S2/c1-2-27-17(23)11-28-18-15(20)9-13(10-16(18)21)29(24)8-7-22-30(25,26)14-5-3-12(19)4-6-14/h3-6,9-10,22H,2,7-8,11H2,1H3. The predicted molar refractivity (Wildman–Crippen MR) is 106 cm³/mol. The van der Waals surface area contributed by atoms with Crippen molar-refractivity contribution in [1.82, 2.24) is 4.72 Å². The first-order valence-corrected chi connectivity index (χ1v) is 11.7. The van der Waals surface area contributed by atoms with Crippen molar-refractivity contribution in [3.63, 3.8) is 0 Å². The summed E-state index contributed by atoms with van der Waals surface area (Å²) in [5, 5.41) is 0.369. The zero-order valence-corrected chi connectivity index (χ0v) is 18.1. The molecule has 0 aliphatic carbocycles. The topological polar surface area (TPSA) is 105 Å². The van der Waals surface area contributed by atoms with E-state index in [2.05, 4.69) is 9.46 Å². The van der Waals surface area contributed by atoms with Crippen LogP contribution in [0, 0.1) is 11.6 Å². The van der Waals surface area contributed by atoms with Crippen molar-refractivity contribution >= 4 is 38.8 Å². The quantitative estimate of drug-likeness (QED) is 0.413. The molecule has 0 bridgehead atoms. The van der Waals surface area contributed by atoms with E-state index in [-0.39, 0.29) is 28.7 Å². The Labute approximate surface area is 180 Å². The fourth-order valence-corrected chi connectivity index (χ4v) is 4.50. The molecule has 30 heavy (non-hydrogen) atoms. The van der Waals surface area contributed by atoms with Crippen molar-refractivity contribution in [3.8, 4) is 5.75 Å². The van der Waals surface area contributed by atoms with Crippen LogP contribution in [0.25, 0.3) is 0 Å². The van der Waals surface area contributed by atoms with E-state index in [4.69, 9.17) is 16.3 Å². The minimum atomic E-state index is -3.85. The van der Waals surface area contributed by atoms with Crippen molar-refractivity contribution in [2.75, 3.05) is 25.5 Å². The highest BCUT2D eigenvalue weighted by atomic mass is 35.5. The monoisotopic (exact) mass is 481 g/mol. The molecule has 0 aliphatic heterocycles. The molecule has 0 amide bonds. The van der Waals surface area contributed by atoms with Crippen molar-refractivity contribution in [1.29, 1.82) is 0 Å². The highest BCUT2D eigenvalue weighted by molar-refractivity contribution is 7.91. The molecule has 0 fully saturated rings. The van der Waals surface area contributed by atoms with Crippen LogP contribution in [0.3, 0.4) is 0 Å². The first-order valence-electron chi connectivity index (χ1n) is 8.55. The van der Waals surface area contributed by atoms with Crippen LogP contribution in [-0.4, -0.2) is 44.5 Å². The predicted octanol–water partition coefficient (Wildman–Crippen LogP) is 2.65. The lowest BCUT2D eigenvalue weighted by atomic mass is 10.3. The van der Waals surface area contributed by atoms with Crippen LogP contribution in [0.2, 0.25) is 5.02 Å². The van der Waals surface area contributed by atoms with Gasteiger partial charge in [0.15, 0.2) is 28.9 Å². The summed E-state index contributed by atoms with van der Waals surface area (Å²) in [5.41, 5.74) is 0. The second kappa shape index (κ2) is 10.9. The van der Waals surface area contributed by atoms with Gasteiger partial charge >= 0.3 is 5.97 Å². The maximum absolute atomic E-state index is 14.1. The number of hydrogen-bond acceptors (Lipinski definition) is 6. The molecule has 2 rings (SSSR count). The number of carbonyl (C=O) groups excluding carboxylic acids is 1. The number of ether oxygens (including phenoxy) is 2. The molecule has 1 atom stereocenters. The summed E-state index contributed by atoms with van der Waals surface area (Å²) in [7, 11) is -3.85. The molecular formula is C18H18ClF2NO6S2. The molecule has 12 heteroatoms. The van der Waals surface area contributed by atoms with Gasteiger partial charge in [0.05, 0.1) is 18.0 Å². The van der Waals surface area contributed by atoms with Gasteiger partial charge in [-0.3, -0.25) is 0 Å². The van der Waals surface area contributed by atoms with Crippen molar-refractivity contribution < 1.29 is 36.0 Å². The Balaban J connectivity index is 1.97. The van der Waals surface area contributed by atoms with Gasteiger partial charge in [0.1, 0.15) is 5.75 Å². The molecule has 2 aromatic rings. The highest BCUT2D eigenvalue weighted by Gasteiger charge is 2.21. The van der Waals surface area contributed by atoms with E-state index in [0.29, 0.717) is 5.02 Å². The first-order chi connectivity index (χ1) is 14.1. The maximum atomic E-state index is 14.1. The Kier molecular flexibility index (Phi) is 8.86. The number of carbonyl (C=O) groups is 1. The molecule has 0 aromatic heterocycles. The average Bonchev–Trinajstić information content (AvgIpc) is 2.67. The van der Waals surface area contributed by atoms with Gasteiger partial charge in [-0.25, -0.2) is 26.7 Å². The van der Waals surface area contributed by atoms with Crippen LogP contribution in [0.5, 0.6) is 5.75 Å². The maximum Gasteiger partial charge on any atom is 0.344 e. The van der Waals surface area contributed by atoms with Crippen molar-refractivity contribution in [2.45, 2.75) is 16.7 Å². The second-order valence-corrected chi connectivity index (χ2v) is 9.49. The van der Waals surface area contributed by atoms with Gasteiger partial charge in [-0.2, -0.15) is 0 Å². The molecule has 2 aromatic carbocycles. The lowest BCUT2D eigenvalue weighted by Crippen LogP contribution is -2.29. The fraction of sp³-hybridized carbons (Fsp3) is 0.278. The van der Waals surface area contributed by atoms with Crippen LogP contribution in [0.1, 0.15) is 6.92 Å². The molecule has 0 saturated carbocycles. The number of benzene rings is 2. The molecule has 0 aliphatic rings. The van der Waals surface area contributed by atoms with Crippen molar-refractivity contribution in [2.24, 2.45) is 0 Å². The van der Waals surface area contributed by atoms with Crippen LogP contribution in [0.15, 0.2) is 46.2 Å². The third-order valence-corrected chi connectivity index (χ3v) is 6.64. The van der Waals surface area contributed by atoms with Crippen LogP contribution in [0.4, 0.5) is 8.78 Å². The zero-order valence-electron chi connectivity index (χ0n) is 15.7. The third kappa shape index (κ3) is 6.81. The van der Waals surface area contributed by atoms with Gasteiger partial charge in [-0.15, -0.1) is 0 Å². The minimum Gasteiger partial charge on any atom is -0.611 e. The second-order valence-electron chi connectivity index (χ2n) is 5.71. The van der Waals surface area contributed by atoms with Crippen molar-refractivity contribution in [3.05, 3.63) is 53.1 Å². The summed E-state index contributed by atoms with van der Waals surface area (Å²) in [4.78, 5) is 11.0. The van der Waals surface area contributed by atoms with Gasteiger partial charge in [-0.1, -0.05) is 11.6 Å². The van der Waals surface area contributed by atoms with E-state index in [1.165, 1.54) is 24.3 Å². The molecule has 164 valence electrons. The fourth-order valence-electron chi connectivity index (χ4n) is 2.22. The number of halogens is 3.